The van der Waals surface area contributed by atoms with Crippen molar-refractivity contribution in [1.82, 2.24) is 20.1 Å². The molecular formula is C20H16F6N4OS. The first kappa shape index (κ1) is 22.3. The molecule has 1 amide bonds. The van der Waals surface area contributed by atoms with Gasteiger partial charge in [0, 0.05) is 29.1 Å². The second kappa shape index (κ2) is 7.91. The Morgan fingerprint density at radius 2 is 1.84 bits per heavy atom. The molecule has 0 spiro atoms. The molecule has 1 aliphatic carbocycles. The molecule has 5 nitrogen and oxygen atoms in total. The molecule has 3 heterocycles. The zero-order valence-electron chi connectivity index (χ0n) is 16.5. The summed E-state index contributed by atoms with van der Waals surface area (Å²) in [5.74, 6) is -0.704. The summed E-state index contributed by atoms with van der Waals surface area (Å²) in [5.41, 5.74) is -1.27. The molecule has 1 aliphatic rings. The summed E-state index contributed by atoms with van der Waals surface area (Å²) in [6.45, 7) is 0. The standard InChI is InChI=1S/C20H16F6N4OS/c1-30-13(9-17(29-30)20(24,25)26)18(31)28-12-3-2-4-14-11(12)8-15(32-14)10-5-6-27-16(7-10)19(21,22)23/h5-9,12H,2-4H2,1H3,(H,28,31)/t12-/m1/s1. The maximum atomic E-state index is 13.0. The van der Waals surface area contributed by atoms with Crippen LogP contribution in [0.25, 0.3) is 10.4 Å². The third-order valence-electron chi connectivity index (χ3n) is 5.16. The Balaban J connectivity index is 1.60. The minimum Gasteiger partial charge on any atom is -0.344 e. The summed E-state index contributed by atoms with van der Waals surface area (Å²) in [7, 11) is 1.25. The molecule has 4 rings (SSSR count). The van der Waals surface area contributed by atoms with Crippen LogP contribution >= 0.6 is 11.3 Å². The molecule has 1 atom stereocenters. The van der Waals surface area contributed by atoms with Crippen molar-refractivity contribution in [3.8, 4) is 10.4 Å². The predicted octanol–water partition coefficient (Wildman–Crippen LogP) is 5.39. The minimum absolute atomic E-state index is 0.233. The first-order valence-electron chi connectivity index (χ1n) is 9.52. The predicted molar refractivity (Wildman–Crippen MR) is 104 cm³/mol. The van der Waals surface area contributed by atoms with E-state index in [9.17, 15) is 31.1 Å². The van der Waals surface area contributed by atoms with E-state index in [-0.39, 0.29) is 5.69 Å². The second-order valence-corrected chi connectivity index (χ2v) is 8.51. The lowest BCUT2D eigenvalue weighted by atomic mass is 9.93. The van der Waals surface area contributed by atoms with E-state index >= 15 is 0 Å². The Hall–Kier alpha value is -2.89. The Labute approximate surface area is 182 Å². The first-order chi connectivity index (χ1) is 14.9. The summed E-state index contributed by atoms with van der Waals surface area (Å²) in [4.78, 5) is 17.5. The van der Waals surface area contributed by atoms with Gasteiger partial charge in [0.25, 0.3) is 5.91 Å². The molecule has 0 aromatic carbocycles. The van der Waals surface area contributed by atoms with E-state index in [1.165, 1.54) is 24.5 Å². The monoisotopic (exact) mass is 474 g/mol. The van der Waals surface area contributed by atoms with Gasteiger partial charge < -0.3 is 5.32 Å². The number of nitrogens with one attached hydrogen (secondary N) is 1. The fraction of sp³-hybridized carbons (Fsp3) is 0.350. The highest BCUT2D eigenvalue weighted by Gasteiger charge is 2.36. The zero-order chi connectivity index (χ0) is 23.3. The van der Waals surface area contributed by atoms with Gasteiger partial charge in [-0.25, -0.2) is 0 Å². The number of rotatable bonds is 3. The second-order valence-electron chi connectivity index (χ2n) is 7.37. The molecule has 0 bridgehead atoms. The highest BCUT2D eigenvalue weighted by atomic mass is 32.1. The fourth-order valence-electron chi connectivity index (χ4n) is 3.64. The molecule has 0 saturated carbocycles. The van der Waals surface area contributed by atoms with Gasteiger partial charge in [-0.15, -0.1) is 11.3 Å². The molecular weight excluding hydrogens is 458 g/mol. The highest BCUT2D eigenvalue weighted by molar-refractivity contribution is 7.15. The molecule has 0 radical (unpaired) electrons. The molecule has 32 heavy (non-hydrogen) atoms. The SMILES string of the molecule is Cn1nc(C(F)(F)F)cc1C(=O)N[C@@H]1CCCc2sc(-c3ccnc(C(F)(F)F)c3)cc21. The lowest BCUT2D eigenvalue weighted by Crippen LogP contribution is -2.31. The average molecular weight is 474 g/mol. The lowest BCUT2D eigenvalue weighted by molar-refractivity contribution is -0.142. The largest absolute Gasteiger partial charge is 0.435 e. The number of pyridine rings is 1. The smallest absolute Gasteiger partial charge is 0.344 e. The van der Waals surface area contributed by atoms with Crippen LogP contribution in [0.5, 0.6) is 0 Å². The maximum absolute atomic E-state index is 13.0. The Kier molecular flexibility index (Phi) is 5.51. The molecule has 0 fully saturated rings. The summed E-state index contributed by atoms with van der Waals surface area (Å²) < 4.78 is 78.5. The van der Waals surface area contributed by atoms with Gasteiger partial charge >= 0.3 is 12.4 Å². The number of aryl methyl sites for hydroxylation is 2. The zero-order valence-corrected chi connectivity index (χ0v) is 17.3. The number of amides is 1. The van der Waals surface area contributed by atoms with Crippen molar-refractivity contribution in [1.29, 1.82) is 0 Å². The molecule has 0 aliphatic heterocycles. The van der Waals surface area contributed by atoms with Gasteiger partial charge in [0.1, 0.15) is 11.4 Å². The number of halogens is 6. The van der Waals surface area contributed by atoms with E-state index in [0.29, 0.717) is 29.3 Å². The van der Waals surface area contributed by atoms with Crippen LogP contribution in [0.4, 0.5) is 26.3 Å². The van der Waals surface area contributed by atoms with Crippen molar-refractivity contribution in [2.24, 2.45) is 7.05 Å². The number of hydrogen-bond acceptors (Lipinski definition) is 4. The maximum Gasteiger partial charge on any atom is 0.435 e. The van der Waals surface area contributed by atoms with Crippen LogP contribution in [0.3, 0.4) is 0 Å². The third kappa shape index (κ3) is 4.36. The van der Waals surface area contributed by atoms with Crippen molar-refractivity contribution in [3.05, 3.63) is 58.0 Å². The van der Waals surface area contributed by atoms with Crippen molar-refractivity contribution >= 4 is 17.2 Å². The summed E-state index contributed by atoms with van der Waals surface area (Å²) in [6, 6.07) is 4.40. The summed E-state index contributed by atoms with van der Waals surface area (Å²) in [5, 5.41) is 6.09. The van der Waals surface area contributed by atoms with Gasteiger partial charge in [0.15, 0.2) is 5.69 Å². The van der Waals surface area contributed by atoms with E-state index < -0.39 is 35.7 Å². The first-order valence-corrected chi connectivity index (χ1v) is 10.3. The van der Waals surface area contributed by atoms with Crippen LogP contribution in [0.15, 0.2) is 30.5 Å². The van der Waals surface area contributed by atoms with Gasteiger partial charge in [0.05, 0.1) is 6.04 Å². The molecule has 12 heteroatoms. The minimum atomic E-state index is -4.67. The van der Waals surface area contributed by atoms with E-state index in [4.69, 9.17) is 0 Å². The number of thiophene rings is 1. The summed E-state index contributed by atoms with van der Waals surface area (Å²) in [6.07, 6.45) is -6.16. The number of hydrogen-bond donors (Lipinski definition) is 1. The van der Waals surface area contributed by atoms with Crippen LogP contribution in [-0.2, 0) is 25.8 Å². The normalized spacial score (nSPS) is 16.7. The van der Waals surface area contributed by atoms with Crippen LogP contribution in [0.1, 0.15) is 51.2 Å². The van der Waals surface area contributed by atoms with Gasteiger partial charge in [-0.05, 0) is 48.6 Å². The van der Waals surface area contributed by atoms with Gasteiger partial charge in [0.2, 0.25) is 0 Å². The molecule has 3 aromatic heterocycles. The quantitative estimate of drug-likeness (QED) is 0.518. The van der Waals surface area contributed by atoms with Gasteiger partial charge in [-0.1, -0.05) is 0 Å². The number of alkyl halides is 6. The van der Waals surface area contributed by atoms with Crippen molar-refractivity contribution in [2.75, 3.05) is 0 Å². The molecule has 0 saturated heterocycles. The Bertz CT molecular complexity index is 1160. The van der Waals surface area contributed by atoms with Gasteiger partial charge in [-0.2, -0.15) is 31.4 Å². The van der Waals surface area contributed by atoms with Crippen molar-refractivity contribution < 1.29 is 31.1 Å². The number of nitrogens with zero attached hydrogens (tertiary/aromatic N) is 3. The molecule has 0 unspecified atom stereocenters. The Morgan fingerprint density at radius 1 is 1.12 bits per heavy atom. The molecule has 170 valence electrons. The van der Waals surface area contributed by atoms with Crippen molar-refractivity contribution in [3.63, 3.8) is 0 Å². The number of carbonyl (C=O) groups is 1. The number of aromatic nitrogens is 3. The number of carbonyl (C=O) groups excluding carboxylic acids is 1. The lowest BCUT2D eigenvalue weighted by Gasteiger charge is -2.23. The van der Waals surface area contributed by atoms with E-state index in [1.807, 2.05) is 0 Å². The molecule has 1 N–H and O–H groups in total. The van der Waals surface area contributed by atoms with E-state index in [2.05, 4.69) is 15.4 Å². The highest BCUT2D eigenvalue weighted by Crippen LogP contribution is 2.41. The van der Waals surface area contributed by atoms with Gasteiger partial charge in [-0.3, -0.25) is 14.5 Å². The summed E-state index contributed by atoms with van der Waals surface area (Å²) >= 11 is 1.33. The van der Waals surface area contributed by atoms with Crippen LogP contribution in [-0.4, -0.2) is 20.7 Å². The van der Waals surface area contributed by atoms with Crippen LogP contribution < -0.4 is 5.32 Å². The third-order valence-corrected chi connectivity index (χ3v) is 6.42. The van der Waals surface area contributed by atoms with Crippen LogP contribution in [0.2, 0.25) is 0 Å². The van der Waals surface area contributed by atoms with Crippen molar-refractivity contribution in [2.45, 2.75) is 37.7 Å². The van der Waals surface area contributed by atoms with Crippen LogP contribution in [0, 0.1) is 0 Å². The number of fused-ring (bicyclic) bond motifs is 1. The Morgan fingerprint density at radius 3 is 2.50 bits per heavy atom. The average Bonchev–Trinajstić information content (AvgIpc) is 3.32. The van der Waals surface area contributed by atoms with E-state index in [0.717, 1.165) is 33.8 Å². The molecule has 3 aromatic rings. The van der Waals surface area contributed by atoms with E-state index in [1.54, 1.807) is 6.07 Å². The fourth-order valence-corrected chi connectivity index (χ4v) is 4.90. The topological polar surface area (TPSA) is 59.8 Å².